The van der Waals surface area contributed by atoms with E-state index in [0.717, 1.165) is 12.0 Å². The number of nitrogens with one attached hydrogen (secondary N) is 1. The van der Waals surface area contributed by atoms with E-state index in [1.54, 1.807) is 30.4 Å². The second-order valence-corrected chi connectivity index (χ2v) is 7.17. The molecule has 1 saturated carbocycles. The third kappa shape index (κ3) is 4.35. The summed E-state index contributed by atoms with van der Waals surface area (Å²) in [5.74, 6) is 1.04. The average molecular weight is 341 g/mol. The monoisotopic (exact) mass is 341 g/mol. The van der Waals surface area contributed by atoms with E-state index in [1.165, 1.54) is 30.6 Å². The minimum absolute atomic E-state index is 0.0132. The minimum Gasteiger partial charge on any atom is -0.309 e. The van der Waals surface area contributed by atoms with Gasteiger partial charge in [0.15, 0.2) is 5.82 Å². The van der Waals surface area contributed by atoms with E-state index in [1.807, 2.05) is 0 Å². The Morgan fingerprint density at radius 1 is 1.25 bits per heavy atom. The van der Waals surface area contributed by atoms with Crippen molar-refractivity contribution < 1.29 is 4.79 Å². The van der Waals surface area contributed by atoms with Crippen molar-refractivity contribution in [3.8, 4) is 0 Å². The van der Waals surface area contributed by atoms with Gasteiger partial charge in [0, 0.05) is 17.3 Å². The number of carbonyl (C=O) groups excluding carboxylic acids is 1. The summed E-state index contributed by atoms with van der Waals surface area (Å²) in [6.45, 7) is 0. The molecule has 1 aromatic carbocycles. The first-order chi connectivity index (χ1) is 11.8. The number of benzene rings is 1. The highest BCUT2D eigenvalue weighted by Gasteiger charge is 2.27. The maximum atomic E-state index is 12.9. The first kappa shape index (κ1) is 17.0. The molecular formula is C19H23N3OS. The number of hydrogen-bond acceptors (Lipinski definition) is 4. The second-order valence-electron chi connectivity index (χ2n) is 6.29. The molecule has 1 N–H and O–H groups in total. The lowest BCUT2D eigenvalue weighted by molar-refractivity contribution is -0.118. The predicted molar refractivity (Wildman–Crippen MR) is 98.2 cm³/mol. The van der Waals surface area contributed by atoms with E-state index in [2.05, 4.69) is 45.8 Å². The van der Waals surface area contributed by atoms with Crippen LogP contribution in [0.5, 0.6) is 0 Å². The fourth-order valence-corrected chi connectivity index (χ4v) is 3.80. The highest BCUT2D eigenvalue weighted by atomic mass is 32.2. The Kier molecular flexibility index (Phi) is 5.86. The molecule has 0 spiro atoms. The minimum atomic E-state index is -0.133. The van der Waals surface area contributed by atoms with E-state index >= 15 is 0 Å². The summed E-state index contributed by atoms with van der Waals surface area (Å²) in [5.41, 5.74) is 1.08. The van der Waals surface area contributed by atoms with Crippen LogP contribution in [0.25, 0.3) is 0 Å². The molecule has 1 aromatic heterocycles. The average Bonchev–Trinajstić information content (AvgIpc) is 3.14. The second kappa shape index (κ2) is 8.29. The molecule has 0 bridgehead atoms. The van der Waals surface area contributed by atoms with Gasteiger partial charge in [-0.15, -0.1) is 11.8 Å². The summed E-state index contributed by atoms with van der Waals surface area (Å²) in [6, 6.07) is 8.36. The smallest absolute Gasteiger partial charge is 0.233 e. The van der Waals surface area contributed by atoms with E-state index in [0.29, 0.717) is 11.7 Å². The van der Waals surface area contributed by atoms with Crippen molar-refractivity contribution in [2.75, 3.05) is 11.6 Å². The third-order valence-electron chi connectivity index (χ3n) is 4.69. The molecule has 3 rings (SSSR count). The van der Waals surface area contributed by atoms with Gasteiger partial charge in [-0.1, -0.05) is 37.8 Å². The molecule has 1 fully saturated rings. The Bertz CT molecular complexity index is 654. The predicted octanol–water partition coefficient (Wildman–Crippen LogP) is 4.50. The number of anilines is 1. The highest BCUT2D eigenvalue weighted by Crippen LogP contribution is 2.35. The van der Waals surface area contributed by atoms with Crippen molar-refractivity contribution in [2.24, 2.45) is 5.92 Å². The lowest BCUT2D eigenvalue weighted by Crippen LogP contribution is -2.23. The first-order valence-electron chi connectivity index (χ1n) is 8.47. The van der Waals surface area contributed by atoms with Gasteiger partial charge < -0.3 is 5.32 Å². The lowest BCUT2D eigenvalue weighted by atomic mass is 9.87. The van der Waals surface area contributed by atoms with Crippen LogP contribution in [0.3, 0.4) is 0 Å². The molecule has 1 aliphatic carbocycles. The fraction of sp³-hybridized carbons (Fsp3) is 0.421. The molecule has 1 aliphatic rings. The number of rotatable bonds is 6. The molecule has 2 aromatic rings. The number of amides is 1. The summed E-state index contributed by atoms with van der Waals surface area (Å²) in [4.78, 5) is 22.3. The SMILES string of the molecule is CSc1ccc([C@@H](CC2CCCC2)C(=O)Nc2cnccn2)cc1. The standard InChI is InChI=1S/C19H23N3OS/c1-24-16-8-6-15(7-9-16)17(12-14-4-2-3-5-14)19(23)22-18-13-20-10-11-21-18/h6-11,13-14,17H,2-5,12H2,1H3,(H,21,22,23)/t17-/m1/s1. The van der Waals surface area contributed by atoms with Gasteiger partial charge in [0.25, 0.3) is 0 Å². The quantitative estimate of drug-likeness (QED) is 0.786. The summed E-state index contributed by atoms with van der Waals surface area (Å²) >= 11 is 1.71. The molecule has 126 valence electrons. The summed E-state index contributed by atoms with van der Waals surface area (Å²) < 4.78 is 0. The zero-order valence-electron chi connectivity index (χ0n) is 13.9. The molecule has 1 amide bonds. The third-order valence-corrected chi connectivity index (χ3v) is 5.44. The highest BCUT2D eigenvalue weighted by molar-refractivity contribution is 7.98. The van der Waals surface area contributed by atoms with Crippen molar-refractivity contribution in [2.45, 2.75) is 42.9 Å². The van der Waals surface area contributed by atoms with Crippen LogP contribution in [0.2, 0.25) is 0 Å². The molecule has 0 saturated heterocycles. The van der Waals surface area contributed by atoms with Crippen molar-refractivity contribution in [1.82, 2.24) is 9.97 Å². The van der Waals surface area contributed by atoms with Gasteiger partial charge in [-0.05, 0) is 36.3 Å². The van der Waals surface area contributed by atoms with Crippen LogP contribution in [0.1, 0.15) is 43.6 Å². The van der Waals surface area contributed by atoms with Gasteiger partial charge in [-0.25, -0.2) is 4.98 Å². The molecular weight excluding hydrogens is 318 g/mol. The van der Waals surface area contributed by atoms with Crippen LogP contribution >= 0.6 is 11.8 Å². The molecule has 5 heteroatoms. The number of aromatic nitrogens is 2. The van der Waals surface area contributed by atoms with Crippen LogP contribution in [-0.2, 0) is 4.79 Å². The Morgan fingerprint density at radius 2 is 2.00 bits per heavy atom. The maximum absolute atomic E-state index is 12.9. The zero-order chi connectivity index (χ0) is 16.8. The largest absolute Gasteiger partial charge is 0.309 e. The summed E-state index contributed by atoms with van der Waals surface area (Å²) in [5, 5.41) is 2.93. The lowest BCUT2D eigenvalue weighted by Gasteiger charge is -2.20. The first-order valence-corrected chi connectivity index (χ1v) is 9.69. The van der Waals surface area contributed by atoms with E-state index in [-0.39, 0.29) is 11.8 Å². The summed E-state index contributed by atoms with van der Waals surface area (Å²) in [6.07, 6.45) is 12.8. The van der Waals surface area contributed by atoms with Crippen LogP contribution < -0.4 is 5.32 Å². The van der Waals surface area contributed by atoms with Crippen LogP contribution in [0, 0.1) is 5.92 Å². The molecule has 24 heavy (non-hydrogen) atoms. The van der Waals surface area contributed by atoms with Gasteiger partial charge in [-0.2, -0.15) is 0 Å². The molecule has 0 radical (unpaired) electrons. The van der Waals surface area contributed by atoms with Gasteiger partial charge in [0.1, 0.15) is 0 Å². The van der Waals surface area contributed by atoms with E-state index < -0.39 is 0 Å². The fourth-order valence-electron chi connectivity index (χ4n) is 3.39. The van der Waals surface area contributed by atoms with E-state index in [4.69, 9.17) is 0 Å². The van der Waals surface area contributed by atoms with Gasteiger partial charge >= 0.3 is 0 Å². The topological polar surface area (TPSA) is 54.9 Å². The molecule has 1 heterocycles. The van der Waals surface area contributed by atoms with Gasteiger partial charge in [0.05, 0.1) is 12.1 Å². The molecule has 4 nitrogen and oxygen atoms in total. The van der Waals surface area contributed by atoms with Gasteiger partial charge in [-0.3, -0.25) is 9.78 Å². The Balaban J connectivity index is 1.78. The summed E-state index contributed by atoms with van der Waals surface area (Å²) in [7, 11) is 0. The Morgan fingerprint density at radius 3 is 2.62 bits per heavy atom. The number of carbonyl (C=O) groups is 1. The van der Waals surface area contributed by atoms with Crippen molar-refractivity contribution in [3.05, 3.63) is 48.4 Å². The van der Waals surface area contributed by atoms with Crippen molar-refractivity contribution in [3.63, 3.8) is 0 Å². The van der Waals surface area contributed by atoms with Crippen LogP contribution in [-0.4, -0.2) is 22.1 Å². The zero-order valence-corrected chi connectivity index (χ0v) is 14.8. The Hall–Kier alpha value is -1.88. The van der Waals surface area contributed by atoms with Gasteiger partial charge in [0.2, 0.25) is 5.91 Å². The van der Waals surface area contributed by atoms with E-state index in [9.17, 15) is 4.79 Å². The molecule has 0 unspecified atom stereocenters. The van der Waals surface area contributed by atoms with Crippen molar-refractivity contribution >= 4 is 23.5 Å². The van der Waals surface area contributed by atoms with Crippen LogP contribution in [0.15, 0.2) is 47.8 Å². The molecule has 0 aliphatic heterocycles. The Labute approximate surface area is 147 Å². The normalized spacial score (nSPS) is 16.0. The maximum Gasteiger partial charge on any atom is 0.233 e. The number of nitrogens with zero attached hydrogens (tertiary/aromatic N) is 2. The van der Waals surface area contributed by atoms with Crippen molar-refractivity contribution in [1.29, 1.82) is 0 Å². The number of thioether (sulfide) groups is 1. The molecule has 1 atom stereocenters. The van der Waals surface area contributed by atoms with Crippen LogP contribution in [0.4, 0.5) is 5.82 Å². The number of hydrogen-bond donors (Lipinski definition) is 1.